The van der Waals surface area contributed by atoms with Crippen molar-refractivity contribution in [2.75, 3.05) is 19.8 Å². The summed E-state index contributed by atoms with van der Waals surface area (Å²) in [5.74, 6) is -1.69. The number of esters is 1. The fraction of sp³-hybridized carbons (Fsp3) is 0.536. The predicted octanol–water partition coefficient (Wildman–Crippen LogP) is 5.16. The Morgan fingerprint density at radius 3 is 2.40 bits per heavy atom. The van der Waals surface area contributed by atoms with Crippen molar-refractivity contribution in [2.45, 2.75) is 81.9 Å². The Kier molecular flexibility index (Phi) is 10.8. The van der Waals surface area contributed by atoms with Gasteiger partial charge in [-0.25, -0.2) is 8.42 Å². The second-order valence-corrected chi connectivity index (χ2v) is 12.8. The standard InChI is InChI=1S/C28H35F3N2O9S/c1-26(2,3)42-25(34)22(32-43(37,38)21-9-7-8-20(18-21)28(29,30)31)16-19-10-11-24(23(17-19)33(35)36)39-13-6-5-12-27(4)40-14-15-41-27/h7-11,17-18,22,32H,5-6,12-16H2,1-4H3/t22-/m0/s1. The van der Waals surface area contributed by atoms with E-state index in [0.717, 1.165) is 18.2 Å². The molecule has 1 heterocycles. The molecular formula is C28H35F3N2O9S. The minimum absolute atomic E-state index is 0.0216. The molecule has 0 amide bonds. The third kappa shape index (κ3) is 10.2. The normalized spacial score (nSPS) is 16.1. The lowest BCUT2D eigenvalue weighted by atomic mass is 10.0. The van der Waals surface area contributed by atoms with E-state index in [0.29, 0.717) is 44.6 Å². The molecule has 1 fully saturated rings. The van der Waals surface area contributed by atoms with E-state index in [9.17, 15) is 36.5 Å². The van der Waals surface area contributed by atoms with Gasteiger partial charge in [-0.1, -0.05) is 12.1 Å². The minimum Gasteiger partial charge on any atom is -0.487 e. The van der Waals surface area contributed by atoms with Gasteiger partial charge >= 0.3 is 17.8 Å². The van der Waals surface area contributed by atoms with E-state index in [4.69, 9.17) is 18.9 Å². The molecule has 1 N–H and O–H groups in total. The number of halogens is 3. The number of hydrogen-bond acceptors (Lipinski definition) is 9. The number of rotatable bonds is 13. The van der Waals surface area contributed by atoms with E-state index in [-0.39, 0.29) is 17.9 Å². The van der Waals surface area contributed by atoms with Crippen LogP contribution in [0.4, 0.5) is 18.9 Å². The number of carbonyl (C=O) groups is 1. The number of unbranched alkanes of at least 4 members (excludes halogenated alkanes) is 1. The van der Waals surface area contributed by atoms with Crippen molar-refractivity contribution in [3.63, 3.8) is 0 Å². The van der Waals surface area contributed by atoms with Gasteiger partial charge in [0.15, 0.2) is 11.5 Å². The Hall–Kier alpha value is -3.27. The monoisotopic (exact) mass is 632 g/mol. The van der Waals surface area contributed by atoms with Gasteiger partial charge in [-0.05, 0) is 76.8 Å². The zero-order chi connectivity index (χ0) is 32.1. The Morgan fingerprint density at radius 2 is 1.79 bits per heavy atom. The van der Waals surface area contributed by atoms with Crippen molar-refractivity contribution in [3.8, 4) is 5.75 Å². The number of ether oxygens (including phenoxy) is 4. The van der Waals surface area contributed by atoms with Gasteiger partial charge < -0.3 is 18.9 Å². The van der Waals surface area contributed by atoms with Crippen LogP contribution in [0, 0.1) is 10.1 Å². The molecule has 1 aliphatic rings. The predicted molar refractivity (Wildman–Crippen MR) is 148 cm³/mol. The van der Waals surface area contributed by atoms with Crippen LogP contribution in [0.2, 0.25) is 0 Å². The first-order valence-corrected chi connectivity index (χ1v) is 15.0. The molecular weight excluding hydrogens is 597 g/mol. The summed E-state index contributed by atoms with van der Waals surface area (Å²) in [7, 11) is -4.65. The van der Waals surface area contributed by atoms with E-state index >= 15 is 0 Å². The molecule has 0 unspecified atom stereocenters. The quantitative estimate of drug-likeness (QED) is 0.137. The van der Waals surface area contributed by atoms with Crippen LogP contribution in [0.3, 0.4) is 0 Å². The average Bonchev–Trinajstić information content (AvgIpc) is 3.33. The van der Waals surface area contributed by atoms with Crippen LogP contribution in [0.5, 0.6) is 5.75 Å². The highest BCUT2D eigenvalue weighted by molar-refractivity contribution is 7.89. The number of nitro benzene ring substituents is 1. The van der Waals surface area contributed by atoms with Gasteiger partial charge in [0.1, 0.15) is 11.6 Å². The first-order chi connectivity index (χ1) is 19.9. The molecule has 1 saturated heterocycles. The summed E-state index contributed by atoms with van der Waals surface area (Å²) in [6.07, 6.45) is -3.31. The number of sulfonamides is 1. The third-order valence-corrected chi connectivity index (χ3v) is 7.77. The van der Waals surface area contributed by atoms with Gasteiger partial charge in [0.2, 0.25) is 10.0 Å². The molecule has 0 aliphatic carbocycles. The summed E-state index contributed by atoms with van der Waals surface area (Å²) in [6.45, 7) is 7.71. The first kappa shape index (κ1) is 34.2. The summed E-state index contributed by atoms with van der Waals surface area (Å²) in [4.78, 5) is 23.4. The second kappa shape index (κ2) is 13.6. The zero-order valence-corrected chi connectivity index (χ0v) is 25.0. The zero-order valence-electron chi connectivity index (χ0n) is 24.2. The second-order valence-electron chi connectivity index (χ2n) is 11.1. The van der Waals surface area contributed by atoms with Gasteiger partial charge in [0.05, 0.1) is 35.2 Å². The van der Waals surface area contributed by atoms with Crippen LogP contribution in [0.25, 0.3) is 0 Å². The van der Waals surface area contributed by atoms with E-state index in [1.165, 1.54) is 12.1 Å². The molecule has 0 aromatic heterocycles. The lowest BCUT2D eigenvalue weighted by molar-refractivity contribution is -0.385. The van der Waals surface area contributed by atoms with Crippen LogP contribution in [-0.2, 0) is 41.6 Å². The average molecular weight is 633 g/mol. The van der Waals surface area contributed by atoms with Gasteiger partial charge in [-0.2, -0.15) is 17.9 Å². The van der Waals surface area contributed by atoms with Crippen molar-refractivity contribution in [1.82, 2.24) is 4.72 Å². The van der Waals surface area contributed by atoms with Crippen molar-refractivity contribution in [1.29, 1.82) is 0 Å². The topological polar surface area (TPSA) is 143 Å². The summed E-state index contributed by atoms with van der Waals surface area (Å²) in [5, 5.41) is 11.8. The number of hydrogen-bond donors (Lipinski definition) is 1. The number of alkyl halides is 3. The third-order valence-electron chi connectivity index (χ3n) is 6.30. The van der Waals surface area contributed by atoms with E-state index < -0.39 is 67.1 Å². The van der Waals surface area contributed by atoms with Gasteiger partial charge in [0.25, 0.3) is 0 Å². The minimum atomic E-state index is -4.80. The van der Waals surface area contributed by atoms with Crippen LogP contribution in [0.15, 0.2) is 47.4 Å². The first-order valence-electron chi connectivity index (χ1n) is 13.5. The molecule has 0 bridgehead atoms. The van der Waals surface area contributed by atoms with Crippen LogP contribution < -0.4 is 9.46 Å². The largest absolute Gasteiger partial charge is 0.487 e. The van der Waals surface area contributed by atoms with E-state index in [1.54, 1.807) is 20.8 Å². The molecule has 0 saturated carbocycles. The highest BCUT2D eigenvalue weighted by atomic mass is 32.2. The molecule has 1 aliphatic heterocycles. The maximum atomic E-state index is 13.2. The van der Waals surface area contributed by atoms with Gasteiger partial charge in [-0.15, -0.1) is 0 Å². The Balaban J connectivity index is 1.78. The Labute approximate surface area is 247 Å². The van der Waals surface area contributed by atoms with Crippen molar-refractivity contribution in [2.24, 2.45) is 0 Å². The lowest BCUT2D eigenvalue weighted by Crippen LogP contribution is -2.45. The number of nitro groups is 1. The molecule has 0 spiro atoms. The van der Waals surface area contributed by atoms with E-state index in [2.05, 4.69) is 4.72 Å². The Bertz CT molecular complexity index is 1400. The summed E-state index contributed by atoms with van der Waals surface area (Å²) < 4.78 is 89.8. The molecule has 0 radical (unpaired) electrons. The van der Waals surface area contributed by atoms with E-state index in [1.807, 2.05) is 6.92 Å². The number of nitrogens with zero attached hydrogens (tertiary/aromatic N) is 1. The van der Waals surface area contributed by atoms with Crippen LogP contribution in [0.1, 0.15) is 58.1 Å². The SMILES string of the molecule is CC(C)(C)OC(=O)[C@H](Cc1ccc(OCCCCC2(C)OCCO2)c([N+](=O)[O-])c1)NS(=O)(=O)c1cccc(C(F)(F)F)c1. The smallest absolute Gasteiger partial charge is 0.416 e. The number of carbonyl (C=O) groups excluding carboxylic acids is 1. The number of nitrogens with one attached hydrogen (secondary N) is 1. The highest BCUT2D eigenvalue weighted by Crippen LogP contribution is 2.32. The van der Waals surface area contributed by atoms with Crippen molar-refractivity contribution < 1.29 is 50.3 Å². The summed E-state index contributed by atoms with van der Waals surface area (Å²) >= 11 is 0. The highest BCUT2D eigenvalue weighted by Gasteiger charge is 2.34. The summed E-state index contributed by atoms with van der Waals surface area (Å²) in [5.41, 5.74) is -2.45. The van der Waals surface area contributed by atoms with Gasteiger partial charge in [-0.3, -0.25) is 14.9 Å². The molecule has 238 valence electrons. The molecule has 2 aromatic rings. The van der Waals surface area contributed by atoms with Crippen LogP contribution in [-0.4, -0.2) is 56.6 Å². The fourth-order valence-corrected chi connectivity index (χ4v) is 5.49. The molecule has 15 heteroatoms. The van der Waals surface area contributed by atoms with Gasteiger partial charge in [0, 0.05) is 12.5 Å². The molecule has 1 atom stereocenters. The maximum Gasteiger partial charge on any atom is 0.416 e. The molecule has 11 nitrogen and oxygen atoms in total. The van der Waals surface area contributed by atoms with Crippen LogP contribution >= 0.6 is 0 Å². The number of benzene rings is 2. The summed E-state index contributed by atoms with van der Waals surface area (Å²) in [6, 6.07) is 5.34. The van der Waals surface area contributed by atoms with Crippen molar-refractivity contribution >= 4 is 21.7 Å². The Morgan fingerprint density at radius 1 is 1.12 bits per heavy atom. The molecule has 2 aromatic carbocycles. The fourth-order valence-electron chi connectivity index (χ4n) is 4.26. The maximum absolute atomic E-state index is 13.2. The lowest BCUT2D eigenvalue weighted by Gasteiger charge is -2.25. The molecule has 43 heavy (non-hydrogen) atoms. The molecule has 3 rings (SSSR count). The van der Waals surface area contributed by atoms with Crippen molar-refractivity contribution in [3.05, 3.63) is 63.7 Å².